The Morgan fingerprint density at radius 3 is 2.76 bits per heavy atom. The number of ether oxygens (including phenoxy) is 1. The summed E-state index contributed by atoms with van der Waals surface area (Å²) in [7, 11) is 0. The number of benzene rings is 1. The van der Waals surface area contributed by atoms with Crippen LogP contribution in [0.1, 0.15) is 19.4 Å². The van der Waals surface area contributed by atoms with Gasteiger partial charge in [0.15, 0.2) is 0 Å². The van der Waals surface area contributed by atoms with Crippen LogP contribution in [0, 0.1) is 0 Å². The predicted molar refractivity (Wildman–Crippen MR) is 83.3 cm³/mol. The molecule has 5 nitrogen and oxygen atoms in total. The van der Waals surface area contributed by atoms with Gasteiger partial charge in [0.25, 0.3) is 0 Å². The summed E-state index contributed by atoms with van der Waals surface area (Å²) in [5.74, 6) is -0.413. The summed E-state index contributed by atoms with van der Waals surface area (Å²) >= 11 is 3.36. The van der Waals surface area contributed by atoms with E-state index in [2.05, 4.69) is 15.9 Å². The third-order valence-electron chi connectivity index (χ3n) is 2.97. The highest BCUT2D eigenvalue weighted by Crippen LogP contribution is 2.27. The van der Waals surface area contributed by atoms with Crippen LogP contribution < -0.4 is 0 Å². The first-order valence-corrected chi connectivity index (χ1v) is 7.12. The van der Waals surface area contributed by atoms with Gasteiger partial charge >= 0.3 is 12.1 Å². The lowest BCUT2D eigenvalue weighted by molar-refractivity contribution is -0.138. The normalized spacial score (nSPS) is 11.7. The minimum atomic E-state index is -1.07. The smallest absolute Gasteiger partial charge is 0.416 e. The van der Waals surface area contributed by atoms with E-state index in [4.69, 9.17) is 4.74 Å². The van der Waals surface area contributed by atoms with Crippen molar-refractivity contribution in [2.75, 3.05) is 6.61 Å². The molecule has 0 saturated heterocycles. The zero-order valence-corrected chi connectivity index (χ0v) is 13.2. The maximum Gasteiger partial charge on any atom is 0.416 e. The first kappa shape index (κ1) is 15.3. The van der Waals surface area contributed by atoms with E-state index in [9.17, 15) is 14.7 Å². The molecule has 6 heteroatoms. The van der Waals surface area contributed by atoms with Crippen molar-refractivity contribution in [1.29, 1.82) is 0 Å². The number of halogens is 1. The van der Waals surface area contributed by atoms with Gasteiger partial charge in [-0.05, 0) is 38.1 Å². The first-order chi connectivity index (χ1) is 9.93. The fourth-order valence-electron chi connectivity index (χ4n) is 2.04. The number of esters is 1. The van der Waals surface area contributed by atoms with Gasteiger partial charge in [0.2, 0.25) is 0 Å². The van der Waals surface area contributed by atoms with E-state index in [0.29, 0.717) is 23.3 Å². The monoisotopic (exact) mass is 351 g/mol. The molecule has 21 heavy (non-hydrogen) atoms. The fourth-order valence-corrected chi connectivity index (χ4v) is 2.40. The zero-order chi connectivity index (χ0) is 15.6. The number of hydrogen-bond donors (Lipinski definition) is 1. The second-order valence-corrected chi connectivity index (χ2v) is 5.36. The fraction of sp³-hybridized carbons (Fsp3) is 0.200. The molecule has 0 bridgehead atoms. The molecule has 2 rings (SSSR count). The van der Waals surface area contributed by atoms with E-state index in [1.807, 2.05) is 6.07 Å². The summed E-state index contributed by atoms with van der Waals surface area (Å²) in [6.45, 7) is 3.67. The Hall–Kier alpha value is -2.08. The molecule has 0 amide bonds. The number of rotatable bonds is 3. The van der Waals surface area contributed by atoms with Crippen molar-refractivity contribution < 1.29 is 19.4 Å². The molecular weight excluding hydrogens is 338 g/mol. The average molecular weight is 352 g/mol. The average Bonchev–Trinajstić information content (AvgIpc) is 2.77. The Labute approximate surface area is 129 Å². The molecule has 0 saturated carbocycles. The molecule has 0 unspecified atom stereocenters. The van der Waals surface area contributed by atoms with E-state index in [0.717, 1.165) is 14.4 Å². The van der Waals surface area contributed by atoms with Crippen molar-refractivity contribution in [2.45, 2.75) is 13.8 Å². The van der Waals surface area contributed by atoms with Crippen LogP contribution in [0.3, 0.4) is 0 Å². The molecular formula is C15H14BrNO4. The number of carboxylic acid groups (broad SMARTS) is 1. The number of carbonyl (C=O) groups excluding carboxylic acids is 1. The quantitative estimate of drug-likeness (QED) is 0.672. The lowest BCUT2D eigenvalue weighted by atomic mass is 10.1. The van der Waals surface area contributed by atoms with Crippen molar-refractivity contribution in [2.24, 2.45) is 0 Å². The molecule has 0 aliphatic heterocycles. The zero-order valence-electron chi connectivity index (χ0n) is 11.6. The van der Waals surface area contributed by atoms with E-state index in [1.165, 1.54) is 6.20 Å². The second-order valence-electron chi connectivity index (χ2n) is 4.45. The highest BCUT2D eigenvalue weighted by atomic mass is 79.9. The third kappa shape index (κ3) is 3.16. The summed E-state index contributed by atoms with van der Waals surface area (Å²) in [6.07, 6.45) is 2.05. The van der Waals surface area contributed by atoms with Gasteiger partial charge in [-0.2, -0.15) is 0 Å². The van der Waals surface area contributed by atoms with Gasteiger partial charge in [-0.25, -0.2) is 9.59 Å². The molecule has 0 aliphatic rings. The summed E-state index contributed by atoms with van der Waals surface area (Å²) < 4.78 is 6.89. The molecule has 1 N–H and O–H groups in total. The highest BCUT2D eigenvalue weighted by molar-refractivity contribution is 9.10. The standard InChI is InChI=1S/C15H14BrNO4/c1-3-21-14(18)9(2)6-10-8-17(15(19)20)13-5-4-11(16)7-12(10)13/h4-8H,3H2,1-2H3,(H,19,20). The van der Waals surface area contributed by atoms with E-state index in [1.54, 1.807) is 32.1 Å². The Bertz CT molecular complexity index is 745. The van der Waals surface area contributed by atoms with Crippen LogP contribution in [0.15, 0.2) is 34.4 Å². The van der Waals surface area contributed by atoms with Crippen LogP contribution in [0.4, 0.5) is 4.79 Å². The Kier molecular flexibility index (Phi) is 4.47. The van der Waals surface area contributed by atoms with Crippen LogP contribution in [0.25, 0.3) is 17.0 Å². The maximum atomic E-state index is 11.7. The lowest BCUT2D eigenvalue weighted by Crippen LogP contribution is -2.05. The van der Waals surface area contributed by atoms with Crippen LogP contribution in [-0.2, 0) is 9.53 Å². The molecule has 1 heterocycles. The van der Waals surface area contributed by atoms with Gasteiger partial charge in [0, 0.05) is 27.2 Å². The third-order valence-corrected chi connectivity index (χ3v) is 3.47. The number of aromatic nitrogens is 1. The van der Waals surface area contributed by atoms with E-state index < -0.39 is 12.1 Å². The molecule has 0 atom stereocenters. The Morgan fingerprint density at radius 1 is 1.43 bits per heavy atom. The highest BCUT2D eigenvalue weighted by Gasteiger charge is 2.13. The van der Waals surface area contributed by atoms with Crippen LogP contribution >= 0.6 is 15.9 Å². The molecule has 110 valence electrons. The molecule has 0 spiro atoms. The number of nitrogens with zero attached hydrogens (tertiary/aromatic N) is 1. The number of carbonyl (C=O) groups is 2. The molecule has 0 radical (unpaired) electrons. The van der Waals surface area contributed by atoms with Crippen molar-refractivity contribution in [3.05, 3.63) is 40.0 Å². The van der Waals surface area contributed by atoms with Crippen LogP contribution in [0.2, 0.25) is 0 Å². The van der Waals surface area contributed by atoms with Gasteiger partial charge in [0.1, 0.15) is 0 Å². The lowest BCUT2D eigenvalue weighted by Gasteiger charge is -2.01. The Balaban J connectivity index is 2.58. The summed E-state index contributed by atoms with van der Waals surface area (Å²) in [5.41, 5.74) is 1.63. The minimum absolute atomic E-state index is 0.298. The number of hydrogen-bond acceptors (Lipinski definition) is 3. The van der Waals surface area contributed by atoms with Crippen LogP contribution in [-0.4, -0.2) is 28.3 Å². The summed E-state index contributed by atoms with van der Waals surface area (Å²) in [6, 6.07) is 5.30. The van der Waals surface area contributed by atoms with Gasteiger partial charge in [-0.3, -0.25) is 4.57 Å². The van der Waals surface area contributed by atoms with Crippen molar-refractivity contribution >= 4 is 45.0 Å². The first-order valence-electron chi connectivity index (χ1n) is 6.33. The van der Waals surface area contributed by atoms with E-state index >= 15 is 0 Å². The van der Waals surface area contributed by atoms with Crippen molar-refractivity contribution in [1.82, 2.24) is 4.57 Å². The molecule has 1 aromatic carbocycles. The Morgan fingerprint density at radius 2 is 2.14 bits per heavy atom. The number of fused-ring (bicyclic) bond motifs is 1. The molecule has 1 aromatic heterocycles. The van der Waals surface area contributed by atoms with Gasteiger partial charge < -0.3 is 9.84 Å². The maximum absolute atomic E-state index is 11.7. The minimum Gasteiger partial charge on any atom is -0.464 e. The van der Waals surface area contributed by atoms with Crippen LogP contribution in [0.5, 0.6) is 0 Å². The largest absolute Gasteiger partial charge is 0.464 e. The topological polar surface area (TPSA) is 68.5 Å². The predicted octanol–water partition coefficient (Wildman–Crippen LogP) is 3.90. The molecule has 2 aromatic rings. The van der Waals surface area contributed by atoms with Gasteiger partial charge in [-0.1, -0.05) is 15.9 Å². The van der Waals surface area contributed by atoms with Gasteiger partial charge in [0.05, 0.1) is 12.1 Å². The van der Waals surface area contributed by atoms with Gasteiger partial charge in [-0.15, -0.1) is 0 Å². The summed E-state index contributed by atoms with van der Waals surface area (Å²) in [5, 5.41) is 9.98. The van der Waals surface area contributed by atoms with Crippen molar-refractivity contribution in [3.63, 3.8) is 0 Å². The molecule has 0 fully saturated rings. The summed E-state index contributed by atoms with van der Waals surface area (Å²) in [4.78, 5) is 22.9. The molecule has 0 aliphatic carbocycles. The second kappa shape index (κ2) is 6.13. The SMILES string of the molecule is CCOC(=O)C(C)=Cc1cn(C(=O)O)c2ccc(Br)cc12. The van der Waals surface area contributed by atoms with Crippen molar-refractivity contribution in [3.8, 4) is 0 Å². The van der Waals surface area contributed by atoms with E-state index in [-0.39, 0.29) is 0 Å².